The summed E-state index contributed by atoms with van der Waals surface area (Å²) in [6, 6.07) is 12.5. The van der Waals surface area contributed by atoms with Crippen molar-refractivity contribution in [2.75, 3.05) is 11.1 Å². The molecule has 0 aliphatic carbocycles. The Balaban J connectivity index is 2.37. The van der Waals surface area contributed by atoms with Crippen LogP contribution in [0.4, 0.5) is 21.5 Å². The molecule has 0 heterocycles. The molecule has 0 atom stereocenters. The predicted octanol–water partition coefficient (Wildman–Crippen LogP) is 2.89. The van der Waals surface area contributed by atoms with Crippen molar-refractivity contribution in [3.63, 3.8) is 0 Å². The number of nitrogen functional groups attached to an aromatic ring is 1. The lowest BCUT2D eigenvalue weighted by atomic mass is 10.1. The van der Waals surface area contributed by atoms with Gasteiger partial charge in [-0.3, -0.25) is 0 Å². The Morgan fingerprint density at radius 3 is 2.37 bits per heavy atom. The lowest BCUT2D eigenvalue weighted by Crippen LogP contribution is -1.99. The molecule has 0 spiro atoms. The minimum atomic E-state index is -0.477. The normalized spacial score (nSPS) is 9.42. The second-order valence-corrected chi connectivity index (χ2v) is 3.84. The topological polar surface area (TPSA) is 85.6 Å². The van der Waals surface area contributed by atoms with Gasteiger partial charge in [-0.1, -0.05) is 0 Å². The van der Waals surface area contributed by atoms with Crippen LogP contribution in [0.3, 0.4) is 0 Å². The minimum Gasteiger partial charge on any atom is -0.397 e. The largest absolute Gasteiger partial charge is 0.397 e. The highest BCUT2D eigenvalue weighted by molar-refractivity contribution is 5.76. The van der Waals surface area contributed by atoms with Crippen molar-refractivity contribution in [2.24, 2.45) is 0 Å². The first-order chi connectivity index (χ1) is 9.13. The Morgan fingerprint density at radius 1 is 1.00 bits per heavy atom. The first kappa shape index (κ1) is 12.4. The van der Waals surface area contributed by atoms with Crippen LogP contribution in [-0.2, 0) is 0 Å². The van der Waals surface area contributed by atoms with Crippen molar-refractivity contribution in [1.29, 1.82) is 10.5 Å². The molecule has 92 valence electrons. The van der Waals surface area contributed by atoms with Crippen LogP contribution in [0.15, 0.2) is 36.4 Å². The van der Waals surface area contributed by atoms with E-state index in [0.29, 0.717) is 22.6 Å². The molecule has 0 amide bonds. The van der Waals surface area contributed by atoms with Gasteiger partial charge in [-0.2, -0.15) is 10.5 Å². The highest BCUT2D eigenvalue weighted by atomic mass is 19.1. The maximum absolute atomic E-state index is 13.0. The number of halogens is 1. The van der Waals surface area contributed by atoms with E-state index in [9.17, 15) is 4.39 Å². The fourth-order valence-corrected chi connectivity index (χ4v) is 1.61. The minimum absolute atomic E-state index is 0.184. The molecule has 0 saturated heterocycles. The van der Waals surface area contributed by atoms with Gasteiger partial charge in [0.05, 0.1) is 34.3 Å². The number of nitrogens with zero attached hydrogens (tertiary/aromatic N) is 2. The second kappa shape index (κ2) is 5.07. The Labute approximate surface area is 109 Å². The van der Waals surface area contributed by atoms with Crippen LogP contribution < -0.4 is 11.1 Å². The van der Waals surface area contributed by atoms with Gasteiger partial charge in [-0.25, -0.2) is 4.39 Å². The summed E-state index contributed by atoms with van der Waals surface area (Å²) in [4.78, 5) is 0. The van der Waals surface area contributed by atoms with Gasteiger partial charge in [-0.05, 0) is 36.4 Å². The summed E-state index contributed by atoms with van der Waals surface area (Å²) in [6.07, 6.45) is 0. The van der Waals surface area contributed by atoms with E-state index >= 15 is 0 Å². The number of nitrogens with two attached hydrogens (primary N) is 1. The van der Waals surface area contributed by atoms with E-state index in [1.165, 1.54) is 18.2 Å². The van der Waals surface area contributed by atoms with Crippen molar-refractivity contribution >= 4 is 17.1 Å². The van der Waals surface area contributed by atoms with Gasteiger partial charge in [0.2, 0.25) is 0 Å². The summed E-state index contributed by atoms with van der Waals surface area (Å²) in [7, 11) is 0. The standard InChI is InChI=1S/C14H9FN4/c15-11-2-4-13(10(6-11)8-17)19-14-3-1-9(7-16)5-12(14)18/h1-6,19H,18H2. The Hall–Kier alpha value is -3.05. The molecule has 19 heavy (non-hydrogen) atoms. The van der Waals surface area contributed by atoms with Gasteiger partial charge in [0.1, 0.15) is 11.9 Å². The third kappa shape index (κ3) is 2.62. The zero-order valence-corrected chi connectivity index (χ0v) is 9.81. The predicted molar refractivity (Wildman–Crippen MR) is 70.0 cm³/mol. The molecule has 3 N–H and O–H groups in total. The molecule has 0 aromatic heterocycles. The number of anilines is 3. The maximum Gasteiger partial charge on any atom is 0.124 e. The average Bonchev–Trinajstić information content (AvgIpc) is 2.42. The Kier molecular flexibility index (Phi) is 3.31. The number of rotatable bonds is 2. The summed E-state index contributed by atoms with van der Waals surface area (Å²) in [5.74, 6) is -0.477. The third-order valence-corrected chi connectivity index (χ3v) is 2.55. The van der Waals surface area contributed by atoms with Crippen LogP contribution in [0.5, 0.6) is 0 Å². The lowest BCUT2D eigenvalue weighted by molar-refractivity contribution is 0.627. The molecule has 2 rings (SSSR count). The number of hydrogen-bond acceptors (Lipinski definition) is 4. The Bertz CT molecular complexity index is 710. The zero-order chi connectivity index (χ0) is 13.8. The summed E-state index contributed by atoms with van der Waals surface area (Å²) < 4.78 is 13.0. The van der Waals surface area contributed by atoms with Crippen LogP contribution in [0, 0.1) is 28.5 Å². The van der Waals surface area contributed by atoms with Crippen LogP contribution in [0.2, 0.25) is 0 Å². The van der Waals surface area contributed by atoms with Crippen molar-refractivity contribution < 1.29 is 4.39 Å². The maximum atomic E-state index is 13.0. The second-order valence-electron chi connectivity index (χ2n) is 3.84. The first-order valence-corrected chi connectivity index (χ1v) is 5.40. The van der Waals surface area contributed by atoms with Crippen molar-refractivity contribution in [3.8, 4) is 12.1 Å². The van der Waals surface area contributed by atoms with Crippen LogP contribution in [0.25, 0.3) is 0 Å². The SMILES string of the molecule is N#Cc1ccc(Nc2ccc(F)cc2C#N)c(N)c1. The monoisotopic (exact) mass is 252 g/mol. The van der Waals surface area contributed by atoms with E-state index in [2.05, 4.69) is 5.32 Å². The van der Waals surface area contributed by atoms with Crippen LogP contribution in [0.1, 0.15) is 11.1 Å². The molecular weight excluding hydrogens is 243 g/mol. The molecule has 0 fully saturated rings. The Morgan fingerprint density at radius 2 is 1.74 bits per heavy atom. The van der Waals surface area contributed by atoms with Gasteiger partial charge in [-0.15, -0.1) is 0 Å². The molecule has 2 aromatic rings. The molecule has 0 aliphatic heterocycles. The van der Waals surface area contributed by atoms with Crippen LogP contribution in [-0.4, -0.2) is 0 Å². The lowest BCUT2D eigenvalue weighted by Gasteiger charge is -2.10. The van der Waals surface area contributed by atoms with Crippen LogP contribution >= 0.6 is 0 Å². The number of hydrogen-bond donors (Lipinski definition) is 2. The van der Waals surface area contributed by atoms with Gasteiger partial charge in [0, 0.05) is 0 Å². The summed E-state index contributed by atoms with van der Waals surface area (Å²) in [6.45, 7) is 0. The number of nitrogens with one attached hydrogen (secondary N) is 1. The van der Waals surface area contributed by atoms with Gasteiger partial charge < -0.3 is 11.1 Å². The number of nitriles is 2. The van der Waals surface area contributed by atoms with E-state index in [1.54, 1.807) is 12.1 Å². The van der Waals surface area contributed by atoms with E-state index in [4.69, 9.17) is 16.3 Å². The molecule has 0 radical (unpaired) electrons. The molecule has 0 unspecified atom stereocenters. The summed E-state index contributed by atoms with van der Waals surface area (Å²) >= 11 is 0. The highest BCUT2D eigenvalue weighted by Crippen LogP contribution is 2.26. The van der Waals surface area contributed by atoms with Crippen molar-refractivity contribution in [2.45, 2.75) is 0 Å². The van der Waals surface area contributed by atoms with Gasteiger partial charge in [0.25, 0.3) is 0 Å². The first-order valence-electron chi connectivity index (χ1n) is 5.40. The zero-order valence-electron chi connectivity index (χ0n) is 9.81. The number of benzene rings is 2. The fraction of sp³-hybridized carbons (Fsp3) is 0. The van der Waals surface area contributed by atoms with E-state index in [-0.39, 0.29) is 5.56 Å². The molecule has 2 aromatic carbocycles. The molecule has 5 heteroatoms. The molecular formula is C14H9FN4. The summed E-state index contributed by atoms with van der Waals surface area (Å²) in [5.41, 5.74) is 7.82. The molecule has 4 nitrogen and oxygen atoms in total. The molecule has 0 bridgehead atoms. The highest BCUT2D eigenvalue weighted by Gasteiger charge is 2.06. The van der Waals surface area contributed by atoms with Crippen molar-refractivity contribution in [3.05, 3.63) is 53.3 Å². The molecule has 0 aliphatic rings. The smallest absolute Gasteiger partial charge is 0.124 e. The summed E-state index contributed by atoms with van der Waals surface area (Å²) in [5, 5.41) is 20.6. The van der Waals surface area contributed by atoms with Crippen molar-refractivity contribution in [1.82, 2.24) is 0 Å². The van der Waals surface area contributed by atoms with E-state index in [1.807, 2.05) is 12.1 Å². The van der Waals surface area contributed by atoms with Gasteiger partial charge in [0.15, 0.2) is 0 Å². The van der Waals surface area contributed by atoms with Gasteiger partial charge >= 0.3 is 0 Å². The van der Waals surface area contributed by atoms with E-state index < -0.39 is 5.82 Å². The fourth-order valence-electron chi connectivity index (χ4n) is 1.61. The average molecular weight is 252 g/mol. The molecule has 0 saturated carbocycles. The third-order valence-electron chi connectivity index (χ3n) is 2.55. The van der Waals surface area contributed by atoms with E-state index in [0.717, 1.165) is 6.07 Å². The quantitative estimate of drug-likeness (QED) is 0.804.